The molecule has 4 aromatic carbocycles. The van der Waals surface area contributed by atoms with Crippen LogP contribution in [0.15, 0.2) is 91.0 Å². The van der Waals surface area contributed by atoms with Crippen LogP contribution >= 0.6 is 0 Å². The number of hydrogen-bond donors (Lipinski definition) is 1. The molecule has 0 radical (unpaired) electrons. The average Bonchev–Trinajstić information content (AvgIpc) is 2.85. The smallest absolute Gasteiger partial charge is 0.280 e. The molecule has 1 heterocycles. The summed E-state index contributed by atoms with van der Waals surface area (Å²) < 4.78 is 0. The van der Waals surface area contributed by atoms with Gasteiger partial charge < -0.3 is 0 Å². The van der Waals surface area contributed by atoms with E-state index in [1.165, 1.54) is 6.07 Å². The Morgan fingerprint density at radius 1 is 0.625 bits per heavy atom. The lowest BCUT2D eigenvalue weighted by molar-refractivity contribution is 0.0478. The third-order valence-electron chi connectivity index (χ3n) is 5.44. The minimum absolute atomic E-state index is 0.200. The molecule has 32 heavy (non-hydrogen) atoms. The average molecular weight is 420 g/mol. The summed E-state index contributed by atoms with van der Waals surface area (Å²) in [6.45, 7) is 0. The van der Waals surface area contributed by atoms with Gasteiger partial charge in [-0.25, -0.2) is 0 Å². The molecule has 0 aromatic heterocycles. The van der Waals surface area contributed by atoms with Crippen molar-refractivity contribution in [2.75, 3.05) is 0 Å². The Hall–Kier alpha value is -4.58. The Bertz CT molecular complexity index is 1390. The zero-order chi connectivity index (χ0) is 22.2. The molecule has 0 fully saturated rings. The molecule has 1 aliphatic rings. The van der Waals surface area contributed by atoms with Gasteiger partial charge in [0.15, 0.2) is 5.78 Å². The maximum absolute atomic E-state index is 13.1. The number of carbonyl (C=O) groups is 4. The second-order valence-corrected chi connectivity index (χ2v) is 7.34. The SMILES string of the molecule is O=C(NN1C(=O)c2cccc3c(C(=O)c4ccccc4)ccc(c23)C1=O)c1ccccc1. The van der Waals surface area contributed by atoms with E-state index in [4.69, 9.17) is 0 Å². The number of imide groups is 1. The van der Waals surface area contributed by atoms with Crippen molar-refractivity contribution in [3.63, 3.8) is 0 Å². The Balaban J connectivity index is 1.58. The standard InChI is InChI=1S/C26H16N2O4/c29-23(16-8-3-1-4-9-16)19-14-15-21-22-18(19)12-7-13-20(22)25(31)28(26(21)32)27-24(30)17-10-5-2-6-11-17/h1-15H,(H,27,30). The van der Waals surface area contributed by atoms with Crippen LogP contribution in [-0.2, 0) is 0 Å². The van der Waals surface area contributed by atoms with Gasteiger partial charge in [0.1, 0.15) is 0 Å². The fourth-order valence-electron chi connectivity index (χ4n) is 3.90. The summed E-state index contributed by atoms with van der Waals surface area (Å²) in [5, 5.41) is 1.66. The first-order valence-corrected chi connectivity index (χ1v) is 9.96. The molecule has 0 unspecified atom stereocenters. The van der Waals surface area contributed by atoms with E-state index < -0.39 is 17.7 Å². The summed E-state index contributed by atoms with van der Waals surface area (Å²) in [6, 6.07) is 25.2. The molecule has 0 atom stereocenters. The van der Waals surface area contributed by atoms with Crippen LogP contribution in [-0.4, -0.2) is 28.5 Å². The van der Waals surface area contributed by atoms with E-state index in [0.717, 1.165) is 5.01 Å². The van der Waals surface area contributed by atoms with Crippen LogP contribution in [0.5, 0.6) is 0 Å². The highest BCUT2D eigenvalue weighted by Gasteiger charge is 2.35. The molecular formula is C26H16N2O4. The van der Waals surface area contributed by atoms with E-state index in [1.54, 1.807) is 78.9 Å². The third kappa shape index (κ3) is 3.06. The molecule has 154 valence electrons. The summed E-state index contributed by atoms with van der Waals surface area (Å²) in [5.41, 5.74) is 4.13. The van der Waals surface area contributed by atoms with E-state index >= 15 is 0 Å². The highest BCUT2D eigenvalue weighted by molar-refractivity contribution is 6.29. The van der Waals surface area contributed by atoms with E-state index in [9.17, 15) is 19.2 Å². The zero-order valence-electron chi connectivity index (χ0n) is 16.7. The van der Waals surface area contributed by atoms with Gasteiger partial charge in [-0.05, 0) is 35.7 Å². The molecule has 6 heteroatoms. The first-order chi connectivity index (χ1) is 15.6. The van der Waals surface area contributed by atoms with E-state index in [0.29, 0.717) is 27.5 Å². The Kier molecular flexibility index (Phi) is 4.60. The first kappa shape index (κ1) is 19.4. The van der Waals surface area contributed by atoms with Crippen molar-refractivity contribution in [1.29, 1.82) is 0 Å². The highest BCUT2D eigenvalue weighted by atomic mass is 16.2. The van der Waals surface area contributed by atoms with Gasteiger partial charge in [-0.2, -0.15) is 5.01 Å². The van der Waals surface area contributed by atoms with E-state index in [1.807, 2.05) is 6.07 Å². The summed E-state index contributed by atoms with van der Waals surface area (Å²) in [7, 11) is 0. The van der Waals surface area contributed by atoms with Crippen molar-refractivity contribution in [3.05, 3.63) is 119 Å². The molecule has 0 aliphatic carbocycles. The number of nitrogens with zero attached hydrogens (tertiary/aromatic N) is 1. The van der Waals surface area contributed by atoms with Crippen LogP contribution in [0.25, 0.3) is 10.8 Å². The normalized spacial score (nSPS) is 12.7. The number of amides is 3. The minimum atomic E-state index is -0.651. The molecule has 6 nitrogen and oxygen atoms in total. The van der Waals surface area contributed by atoms with Crippen LogP contribution in [0, 0.1) is 0 Å². The molecule has 0 bridgehead atoms. The fourth-order valence-corrected chi connectivity index (χ4v) is 3.90. The topological polar surface area (TPSA) is 83.6 Å². The van der Waals surface area contributed by atoms with Crippen molar-refractivity contribution < 1.29 is 19.2 Å². The lowest BCUT2D eigenvalue weighted by Gasteiger charge is -2.27. The first-order valence-electron chi connectivity index (χ1n) is 9.96. The van der Waals surface area contributed by atoms with Crippen molar-refractivity contribution in [1.82, 2.24) is 10.4 Å². The van der Waals surface area contributed by atoms with E-state index in [2.05, 4.69) is 5.43 Å². The molecular weight excluding hydrogens is 404 g/mol. The van der Waals surface area contributed by atoms with Gasteiger partial charge in [-0.1, -0.05) is 60.7 Å². The summed E-state index contributed by atoms with van der Waals surface area (Å²) in [5.74, 6) is -2.07. The predicted octanol–water partition coefficient (Wildman–Crippen LogP) is 4.01. The molecule has 0 spiro atoms. The number of hydrogen-bond acceptors (Lipinski definition) is 4. The monoisotopic (exact) mass is 420 g/mol. The number of carbonyl (C=O) groups excluding carboxylic acids is 4. The van der Waals surface area contributed by atoms with Crippen molar-refractivity contribution in [2.24, 2.45) is 0 Å². The van der Waals surface area contributed by atoms with Gasteiger partial charge in [0.05, 0.1) is 11.1 Å². The van der Waals surface area contributed by atoms with Crippen molar-refractivity contribution in [3.8, 4) is 0 Å². The van der Waals surface area contributed by atoms with Gasteiger partial charge in [-0.3, -0.25) is 24.6 Å². The zero-order valence-corrected chi connectivity index (χ0v) is 16.7. The molecule has 5 rings (SSSR count). The number of benzene rings is 4. The van der Waals surface area contributed by atoms with Gasteiger partial charge in [0.25, 0.3) is 17.7 Å². The second kappa shape index (κ2) is 7.59. The number of rotatable bonds is 4. The van der Waals surface area contributed by atoms with Crippen LogP contribution in [0.2, 0.25) is 0 Å². The third-order valence-corrected chi connectivity index (χ3v) is 5.44. The second-order valence-electron chi connectivity index (χ2n) is 7.34. The lowest BCUT2D eigenvalue weighted by Crippen LogP contribution is -2.51. The predicted molar refractivity (Wildman–Crippen MR) is 118 cm³/mol. The van der Waals surface area contributed by atoms with Gasteiger partial charge in [0, 0.05) is 22.1 Å². The van der Waals surface area contributed by atoms with Crippen LogP contribution in [0.3, 0.4) is 0 Å². The largest absolute Gasteiger partial charge is 0.289 e. The maximum Gasteiger partial charge on any atom is 0.280 e. The Labute approximate surface area is 183 Å². The van der Waals surface area contributed by atoms with Gasteiger partial charge >= 0.3 is 0 Å². The number of hydrazine groups is 1. The van der Waals surface area contributed by atoms with E-state index in [-0.39, 0.29) is 16.9 Å². The van der Waals surface area contributed by atoms with Crippen molar-refractivity contribution in [2.45, 2.75) is 0 Å². The molecule has 0 saturated heterocycles. The molecule has 0 saturated carbocycles. The molecule has 4 aromatic rings. The minimum Gasteiger partial charge on any atom is -0.289 e. The van der Waals surface area contributed by atoms with Gasteiger partial charge in [0.2, 0.25) is 0 Å². The van der Waals surface area contributed by atoms with Crippen LogP contribution < -0.4 is 5.43 Å². The maximum atomic E-state index is 13.1. The fraction of sp³-hybridized carbons (Fsp3) is 0. The lowest BCUT2D eigenvalue weighted by atomic mass is 9.89. The van der Waals surface area contributed by atoms with Gasteiger partial charge in [-0.15, -0.1) is 0 Å². The van der Waals surface area contributed by atoms with Crippen LogP contribution in [0.4, 0.5) is 0 Å². The molecule has 1 aliphatic heterocycles. The quantitative estimate of drug-likeness (QED) is 0.399. The Morgan fingerprint density at radius 2 is 1.22 bits per heavy atom. The Morgan fingerprint density at radius 3 is 1.88 bits per heavy atom. The number of nitrogens with one attached hydrogen (secondary N) is 1. The van der Waals surface area contributed by atoms with Crippen molar-refractivity contribution >= 4 is 34.3 Å². The summed E-state index contributed by atoms with van der Waals surface area (Å²) in [6.07, 6.45) is 0. The summed E-state index contributed by atoms with van der Waals surface area (Å²) in [4.78, 5) is 51.9. The highest BCUT2D eigenvalue weighted by Crippen LogP contribution is 2.32. The molecule has 1 N–H and O–H groups in total. The van der Waals surface area contributed by atoms with Crippen LogP contribution in [0.1, 0.15) is 47.0 Å². The molecule has 3 amide bonds. The summed E-state index contributed by atoms with van der Waals surface area (Å²) >= 11 is 0. The number of ketones is 1.